The first-order valence-electron chi connectivity index (χ1n) is 32.0. The standard InChI is InChI=1S/C72H68Cl4N4O22/c1-5-6-22-33-90-71-57(80-65(84)50-51(66(80)85)53(74)55(76)54(75)52(50)73)62(92-35-43-25-14-8-15-26-43)59(47(97-71)36-89-34-42-23-12-7-13-24-42)102-72-64(100-69(88)46-31-20-11-21-32-46)63(99-68(87)45-29-18-10-19-30-45)60(49(98-72)38-93-67(86)44-27-16-9-17-28-44)101-70-56(78-79-77)61(95-41(4)83)58(94-40(3)82)48(96-70)37-91-39(2)81/h5,7-21,23-32,47-49,56-64,70-72H,1,6,22,33-38H2,2-4H3/t47-,48-,49-,56-,57-,58-,59-,60+,61-,62-,63+,64-,70-,71-,72+/m1/s1. The largest absolute Gasteiger partial charge is 0.463 e. The Hall–Kier alpha value is -8.83. The first-order valence-corrected chi connectivity index (χ1v) is 33.5. The first-order chi connectivity index (χ1) is 49.3. The summed E-state index contributed by atoms with van der Waals surface area (Å²) in [5.74, 6) is -8.02. The van der Waals surface area contributed by atoms with Crippen molar-refractivity contribution in [1.82, 2.24) is 4.90 Å². The molecule has 3 saturated heterocycles. The smallest absolute Gasteiger partial charge is 0.338 e. The maximum absolute atomic E-state index is 15.4. The Kier molecular flexibility index (Phi) is 26.7. The second-order valence-electron chi connectivity index (χ2n) is 23.5. The lowest BCUT2D eigenvalue weighted by molar-refractivity contribution is -0.370. The molecule has 4 aliphatic heterocycles. The van der Waals surface area contributed by atoms with Gasteiger partial charge in [-0.3, -0.25) is 28.9 Å². The zero-order valence-electron chi connectivity index (χ0n) is 54.8. The van der Waals surface area contributed by atoms with Gasteiger partial charge in [-0.15, -0.1) is 6.58 Å². The highest BCUT2D eigenvalue weighted by Gasteiger charge is 2.61. The lowest BCUT2D eigenvalue weighted by Crippen LogP contribution is -2.70. The number of hydrogen-bond donors (Lipinski definition) is 0. The fourth-order valence-corrected chi connectivity index (χ4v) is 12.9. The van der Waals surface area contributed by atoms with Crippen LogP contribution in [0.25, 0.3) is 10.4 Å². The maximum atomic E-state index is 15.4. The summed E-state index contributed by atoms with van der Waals surface area (Å²) in [5.41, 5.74) is 10.6. The number of azide groups is 1. The van der Waals surface area contributed by atoms with Gasteiger partial charge in [0.15, 0.2) is 43.3 Å². The van der Waals surface area contributed by atoms with E-state index in [0.29, 0.717) is 24.0 Å². The highest BCUT2D eigenvalue weighted by Crippen LogP contribution is 2.48. The van der Waals surface area contributed by atoms with Gasteiger partial charge in [0.05, 0.1) is 74.3 Å². The fraction of sp³-hybridized carbons (Fsp3) is 0.361. The zero-order chi connectivity index (χ0) is 72.6. The van der Waals surface area contributed by atoms with Crippen LogP contribution in [-0.2, 0) is 93.9 Å². The SMILES string of the molecule is C=CCCCO[C@@H]1O[C@H](COCc2ccccc2)[C@@H](O[C@@H]2O[C@H](COC(=O)c3ccccc3)[C@H](O[C@H]3O[C@H](COC(C)=O)[C@@H](OC(C)=O)[C@H](OC(C)=O)[C@H]3N=[N+]=[N-])[C@H](OC(=O)c3ccccc3)[C@H]2OC(=O)c2ccccc2)[C@H](OCc2ccccc2)[C@H]1N1C(=O)c2c(Cl)c(Cl)c(Cl)c(Cl)c2C1=O. The number of halogens is 4. The van der Waals surface area contributed by atoms with Crippen molar-refractivity contribution in [3.63, 3.8) is 0 Å². The summed E-state index contributed by atoms with van der Waals surface area (Å²) in [6.45, 7) is 4.51. The van der Waals surface area contributed by atoms with E-state index in [4.69, 9.17) is 113 Å². The molecule has 0 unspecified atom stereocenters. The van der Waals surface area contributed by atoms with Crippen LogP contribution < -0.4 is 0 Å². The zero-order valence-corrected chi connectivity index (χ0v) is 57.8. The second-order valence-corrected chi connectivity index (χ2v) is 25.0. The number of carbonyl (C=O) groups excluding carboxylic acids is 8. The maximum Gasteiger partial charge on any atom is 0.338 e. The molecule has 3 fully saturated rings. The van der Waals surface area contributed by atoms with Crippen LogP contribution in [0.4, 0.5) is 0 Å². The van der Waals surface area contributed by atoms with E-state index in [1.54, 1.807) is 78.9 Å². The molecule has 102 heavy (non-hydrogen) atoms. The summed E-state index contributed by atoms with van der Waals surface area (Å²) in [4.78, 5) is 118. The number of nitrogens with zero attached hydrogens (tertiary/aromatic N) is 4. The van der Waals surface area contributed by atoms with E-state index in [9.17, 15) is 24.7 Å². The van der Waals surface area contributed by atoms with Crippen LogP contribution in [0.2, 0.25) is 20.1 Å². The van der Waals surface area contributed by atoms with E-state index in [1.165, 1.54) is 60.7 Å². The van der Waals surface area contributed by atoms with Gasteiger partial charge in [0, 0.05) is 25.7 Å². The fourth-order valence-electron chi connectivity index (χ4n) is 11.9. The Balaban J connectivity index is 1.19. The summed E-state index contributed by atoms with van der Waals surface area (Å²) in [7, 11) is 0. The summed E-state index contributed by atoms with van der Waals surface area (Å²) < 4.78 is 90.8. The Labute approximate surface area is 604 Å². The van der Waals surface area contributed by atoms with Crippen LogP contribution in [0.1, 0.15) is 96.5 Å². The Morgan fingerprint density at radius 1 is 0.500 bits per heavy atom. The Morgan fingerprint density at radius 3 is 1.48 bits per heavy atom. The van der Waals surface area contributed by atoms with Crippen molar-refractivity contribution in [1.29, 1.82) is 0 Å². The average Bonchev–Trinajstić information content (AvgIpc) is 1.47. The van der Waals surface area contributed by atoms with Crippen molar-refractivity contribution in [3.8, 4) is 0 Å². The molecule has 0 aromatic heterocycles. The molecule has 0 aliphatic carbocycles. The van der Waals surface area contributed by atoms with E-state index in [1.807, 2.05) is 18.2 Å². The number of ether oxygens (including phenoxy) is 14. The van der Waals surface area contributed by atoms with E-state index in [0.717, 1.165) is 25.7 Å². The van der Waals surface area contributed by atoms with E-state index < -0.39 is 181 Å². The third-order valence-corrected chi connectivity index (χ3v) is 18.3. The third-order valence-electron chi connectivity index (χ3n) is 16.5. The molecule has 6 aromatic carbocycles. The predicted molar refractivity (Wildman–Crippen MR) is 362 cm³/mol. The average molecular weight is 1480 g/mol. The van der Waals surface area contributed by atoms with Crippen molar-refractivity contribution in [2.75, 3.05) is 26.4 Å². The molecule has 536 valence electrons. The van der Waals surface area contributed by atoms with E-state index >= 15 is 19.2 Å². The second kappa shape index (κ2) is 35.9. The molecular formula is C72H68Cl4N4O22. The van der Waals surface area contributed by atoms with Gasteiger partial charge in [-0.05, 0) is 65.9 Å². The molecule has 26 nitrogen and oxygen atoms in total. The van der Waals surface area contributed by atoms with Gasteiger partial charge in [0.1, 0.15) is 61.9 Å². The number of hydrogen-bond acceptors (Lipinski definition) is 23. The number of rotatable bonds is 29. The van der Waals surface area contributed by atoms with Crippen molar-refractivity contribution in [3.05, 3.63) is 234 Å². The van der Waals surface area contributed by atoms with Crippen molar-refractivity contribution >= 4 is 94.0 Å². The molecule has 0 N–H and O–H groups in total. The number of unbranched alkanes of at least 4 members (excludes halogenated alkanes) is 1. The van der Waals surface area contributed by atoms with Crippen LogP contribution >= 0.6 is 46.4 Å². The van der Waals surface area contributed by atoms with E-state index in [-0.39, 0.29) is 46.6 Å². The highest BCUT2D eigenvalue weighted by atomic mass is 35.5. The predicted octanol–water partition coefficient (Wildman–Crippen LogP) is 11.4. The molecule has 0 saturated carbocycles. The van der Waals surface area contributed by atoms with Crippen molar-refractivity contribution in [2.24, 2.45) is 5.11 Å². The molecule has 6 aromatic rings. The minimum atomic E-state index is -2.16. The number of amides is 2. The Bertz CT molecular complexity index is 3970. The van der Waals surface area contributed by atoms with Gasteiger partial charge in [0.25, 0.3) is 11.8 Å². The Morgan fingerprint density at radius 2 is 0.951 bits per heavy atom. The topological polar surface area (TPSA) is 318 Å². The number of fused-ring (bicyclic) bond motifs is 1. The quantitative estimate of drug-likeness (QED) is 0.00402. The van der Waals surface area contributed by atoms with Crippen LogP contribution in [0.3, 0.4) is 0 Å². The van der Waals surface area contributed by atoms with Crippen molar-refractivity contribution in [2.45, 2.75) is 139 Å². The molecule has 2 amide bonds. The third kappa shape index (κ3) is 18.3. The number of imide groups is 1. The van der Waals surface area contributed by atoms with Gasteiger partial charge in [0.2, 0.25) is 0 Å². The molecule has 4 aliphatic rings. The summed E-state index contributed by atoms with van der Waals surface area (Å²) in [6.07, 6.45) is -21.6. The number of carbonyl (C=O) groups is 8. The monoisotopic (exact) mass is 1480 g/mol. The molecule has 0 spiro atoms. The van der Waals surface area contributed by atoms with Gasteiger partial charge < -0.3 is 66.3 Å². The molecule has 4 heterocycles. The molecule has 15 atom stereocenters. The minimum absolute atomic E-state index is 0.0390. The number of benzene rings is 6. The lowest BCUT2D eigenvalue weighted by atomic mass is 9.93. The van der Waals surface area contributed by atoms with Gasteiger partial charge in [-0.1, -0.05) is 173 Å². The normalized spacial score (nSPS) is 25.2. The first kappa shape index (κ1) is 75.8. The van der Waals surface area contributed by atoms with Crippen LogP contribution in [-0.4, -0.2) is 171 Å². The van der Waals surface area contributed by atoms with Gasteiger partial charge >= 0.3 is 35.8 Å². The van der Waals surface area contributed by atoms with Crippen LogP contribution in [0.5, 0.6) is 0 Å². The minimum Gasteiger partial charge on any atom is -0.463 e. The van der Waals surface area contributed by atoms with Gasteiger partial charge in [-0.25, -0.2) is 14.4 Å². The van der Waals surface area contributed by atoms with E-state index in [2.05, 4.69) is 16.6 Å². The van der Waals surface area contributed by atoms with Gasteiger partial charge in [-0.2, -0.15) is 0 Å². The van der Waals surface area contributed by atoms with Crippen molar-refractivity contribution < 1.29 is 105 Å². The lowest BCUT2D eigenvalue weighted by Gasteiger charge is -2.51. The molecule has 30 heteroatoms. The molecule has 0 bridgehead atoms. The summed E-state index contributed by atoms with van der Waals surface area (Å²) in [5, 5.41) is 2.42. The van der Waals surface area contributed by atoms with Crippen LogP contribution in [0.15, 0.2) is 169 Å². The summed E-state index contributed by atoms with van der Waals surface area (Å²) >= 11 is 26.9. The number of allylic oxidation sites excluding steroid dienone is 1. The highest BCUT2D eigenvalue weighted by molar-refractivity contribution is 6.55. The molecule has 0 radical (unpaired) electrons. The molecule has 10 rings (SSSR count). The molecular weight excluding hydrogens is 1410 g/mol. The van der Waals surface area contributed by atoms with Crippen LogP contribution in [0, 0.1) is 0 Å². The number of esters is 6. The summed E-state index contributed by atoms with van der Waals surface area (Å²) in [6, 6.07) is 36.8.